The highest BCUT2D eigenvalue weighted by molar-refractivity contribution is 5.70. The van der Waals surface area contributed by atoms with Crippen LogP contribution in [0.25, 0.3) is 11.1 Å². The molecule has 0 aromatic heterocycles. The number of nitrogen functional groups attached to an aromatic ring is 1. The highest BCUT2D eigenvalue weighted by Crippen LogP contribution is 2.28. The quantitative estimate of drug-likeness (QED) is 0.735. The minimum absolute atomic E-state index is 0.190. The third-order valence-electron chi connectivity index (χ3n) is 3.15. The van der Waals surface area contributed by atoms with E-state index in [0.29, 0.717) is 0 Å². The summed E-state index contributed by atoms with van der Waals surface area (Å²) in [4.78, 5) is 0. The Kier molecular flexibility index (Phi) is 2.88. The number of hydrogen-bond donors (Lipinski definition) is 1. The largest absolute Gasteiger partial charge is 0.396 e. The molecule has 0 heterocycles. The Balaban J connectivity index is 2.60. The lowest BCUT2D eigenvalue weighted by atomic mass is 9.95. The average molecular weight is 229 g/mol. The van der Waals surface area contributed by atoms with Crippen LogP contribution in [0.5, 0.6) is 0 Å². The van der Waals surface area contributed by atoms with Crippen molar-refractivity contribution in [1.29, 1.82) is 0 Å². The fraction of sp³-hybridized carbons (Fsp3) is 0.200. The van der Waals surface area contributed by atoms with E-state index in [1.807, 2.05) is 13.0 Å². The first kappa shape index (κ1) is 11.6. The maximum absolute atomic E-state index is 13.5. The van der Waals surface area contributed by atoms with Gasteiger partial charge >= 0.3 is 0 Å². The van der Waals surface area contributed by atoms with Gasteiger partial charge in [-0.1, -0.05) is 18.2 Å². The molecule has 0 spiro atoms. The van der Waals surface area contributed by atoms with Gasteiger partial charge in [-0.25, -0.2) is 4.39 Å². The molecule has 0 saturated carbocycles. The molecular weight excluding hydrogens is 213 g/mol. The zero-order valence-corrected chi connectivity index (χ0v) is 10.3. The molecule has 0 amide bonds. The van der Waals surface area contributed by atoms with Gasteiger partial charge in [-0.05, 0) is 60.7 Å². The van der Waals surface area contributed by atoms with Crippen molar-refractivity contribution in [3.05, 3.63) is 52.8 Å². The number of benzene rings is 2. The monoisotopic (exact) mass is 229 g/mol. The first-order valence-corrected chi connectivity index (χ1v) is 5.62. The lowest BCUT2D eigenvalue weighted by Gasteiger charge is -2.10. The molecule has 88 valence electrons. The Morgan fingerprint density at radius 2 is 1.53 bits per heavy atom. The Bertz CT molecular complexity index is 573. The van der Waals surface area contributed by atoms with E-state index in [1.165, 1.54) is 17.2 Å². The fourth-order valence-corrected chi connectivity index (χ4v) is 1.97. The van der Waals surface area contributed by atoms with E-state index in [9.17, 15) is 4.39 Å². The number of nitrogens with two attached hydrogens (primary N) is 1. The van der Waals surface area contributed by atoms with E-state index in [-0.39, 0.29) is 11.5 Å². The van der Waals surface area contributed by atoms with Crippen molar-refractivity contribution in [2.45, 2.75) is 20.8 Å². The third kappa shape index (κ3) is 2.16. The van der Waals surface area contributed by atoms with Gasteiger partial charge in [0.15, 0.2) is 0 Å². The van der Waals surface area contributed by atoms with E-state index < -0.39 is 0 Å². The van der Waals surface area contributed by atoms with Crippen molar-refractivity contribution < 1.29 is 4.39 Å². The Morgan fingerprint density at radius 1 is 0.882 bits per heavy atom. The molecule has 0 bridgehead atoms. The van der Waals surface area contributed by atoms with Crippen LogP contribution in [0.1, 0.15) is 16.7 Å². The normalized spacial score (nSPS) is 10.6. The van der Waals surface area contributed by atoms with Gasteiger partial charge in [0, 0.05) is 0 Å². The number of anilines is 1. The molecule has 2 N–H and O–H groups in total. The van der Waals surface area contributed by atoms with Gasteiger partial charge in [-0.2, -0.15) is 0 Å². The van der Waals surface area contributed by atoms with E-state index in [1.54, 1.807) is 6.07 Å². The van der Waals surface area contributed by atoms with E-state index in [4.69, 9.17) is 5.73 Å². The first-order valence-electron chi connectivity index (χ1n) is 5.62. The second-order valence-electron chi connectivity index (χ2n) is 4.49. The minimum atomic E-state index is -0.361. The van der Waals surface area contributed by atoms with Crippen LogP contribution >= 0.6 is 0 Å². The van der Waals surface area contributed by atoms with Gasteiger partial charge in [0.05, 0.1) is 5.69 Å². The van der Waals surface area contributed by atoms with Gasteiger partial charge in [0.25, 0.3) is 0 Å². The molecule has 1 nitrogen and oxygen atoms in total. The summed E-state index contributed by atoms with van der Waals surface area (Å²) in [6.07, 6.45) is 0. The zero-order chi connectivity index (χ0) is 12.6. The number of hydrogen-bond acceptors (Lipinski definition) is 1. The van der Waals surface area contributed by atoms with Crippen LogP contribution in [0, 0.1) is 26.6 Å². The van der Waals surface area contributed by atoms with Gasteiger partial charge < -0.3 is 5.73 Å². The average Bonchev–Trinajstić information content (AvgIpc) is 2.27. The van der Waals surface area contributed by atoms with Crippen molar-refractivity contribution in [2.24, 2.45) is 0 Å². The standard InChI is InChI=1S/C15H16FN/c1-9-6-11(3)13(7-10(9)2)12-4-5-15(17)14(16)8-12/h4-8H,17H2,1-3H3. The molecule has 0 saturated heterocycles. The van der Waals surface area contributed by atoms with Crippen molar-refractivity contribution in [2.75, 3.05) is 5.73 Å². The molecule has 17 heavy (non-hydrogen) atoms. The van der Waals surface area contributed by atoms with Crippen LogP contribution in [-0.4, -0.2) is 0 Å². The second-order valence-corrected chi connectivity index (χ2v) is 4.49. The lowest BCUT2D eigenvalue weighted by molar-refractivity contribution is 0.633. The Morgan fingerprint density at radius 3 is 2.18 bits per heavy atom. The molecule has 2 aromatic carbocycles. The maximum atomic E-state index is 13.5. The molecule has 2 heteroatoms. The molecular formula is C15H16FN. The second kappa shape index (κ2) is 4.21. The van der Waals surface area contributed by atoms with Crippen molar-refractivity contribution in [1.82, 2.24) is 0 Å². The highest BCUT2D eigenvalue weighted by atomic mass is 19.1. The van der Waals surface area contributed by atoms with Crippen LogP contribution in [0.3, 0.4) is 0 Å². The van der Waals surface area contributed by atoms with Crippen molar-refractivity contribution in [3.63, 3.8) is 0 Å². The number of halogens is 1. The van der Waals surface area contributed by atoms with Crippen LogP contribution in [0.15, 0.2) is 30.3 Å². The third-order valence-corrected chi connectivity index (χ3v) is 3.15. The van der Waals surface area contributed by atoms with Gasteiger partial charge in [0.1, 0.15) is 5.82 Å². The minimum Gasteiger partial charge on any atom is -0.396 e. The van der Waals surface area contributed by atoms with Crippen molar-refractivity contribution in [3.8, 4) is 11.1 Å². The van der Waals surface area contributed by atoms with E-state index >= 15 is 0 Å². The summed E-state index contributed by atoms with van der Waals surface area (Å²) in [5.74, 6) is -0.361. The highest BCUT2D eigenvalue weighted by Gasteiger charge is 2.07. The molecule has 2 rings (SSSR count). The maximum Gasteiger partial charge on any atom is 0.146 e. The smallest absolute Gasteiger partial charge is 0.146 e. The topological polar surface area (TPSA) is 26.0 Å². The van der Waals surface area contributed by atoms with Crippen molar-refractivity contribution >= 4 is 5.69 Å². The lowest BCUT2D eigenvalue weighted by Crippen LogP contribution is -1.93. The predicted octanol–water partition coefficient (Wildman–Crippen LogP) is 4.00. The van der Waals surface area contributed by atoms with Crippen LogP contribution in [-0.2, 0) is 0 Å². The molecule has 0 radical (unpaired) electrons. The van der Waals surface area contributed by atoms with Crippen LogP contribution in [0.4, 0.5) is 10.1 Å². The molecule has 0 aliphatic heterocycles. The number of rotatable bonds is 1. The fourth-order valence-electron chi connectivity index (χ4n) is 1.97. The molecule has 0 aliphatic rings. The van der Waals surface area contributed by atoms with E-state index in [0.717, 1.165) is 16.7 Å². The summed E-state index contributed by atoms with van der Waals surface area (Å²) < 4.78 is 13.5. The molecule has 2 aromatic rings. The molecule has 0 unspecified atom stereocenters. The first-order chi connectivity index (χ1) is 7.99. The summed E-state index contributed by atoms with van der Waals surface area (Å²) >= 11 is 0. The summed E-state index contributed by atoms with van der Waals surface area (Å²) in [7, 11) is 0. The van der Waals surface area contributed by atoms with Gasteiger partial charge in [-0.3, -0.25) is 0 Å². The summed E-state index contributed by atoms with van der Waals surface area (Å²) in [6, 6.07) is 9.18. The van der Waals surface area contributed by atoms with Crippen LogP contribution < -0.4 is 5.73 Å². The van der Waals surface area contributed by atoms with E-state index in [2.05, 4.69) is 26.0 Å². The summed E-state index contributed by atoms with van der Waals surface area (Å²) in [6.45, 7) is 6.18. The van der Waals surface area contributed by atoms with Gasteiger partial charge in [0.2, 0.25) is 0 Å². The molecule has 0 atom stereocenters. The van der Waals surface area contributed by atoms with Crippen LogP contribution in [0.2, 0.25) is 0 Å². The molecule has 0 aliphatic carbocycles. The number of aryl methyl sites for hydroxylation is 3. The van der Waals surface area contributed by atoms with Gasteiger partial charge in [-0.15, -0.1) is 0 Å². The summed E-state index contributed by atoms with van der Waals surface area (Å²) in [5, 5.41) is 0. The summed E-state index contributed by atoms with van der Waals surface area (Å²) in [5.41, 5.74) is 11.2. The Labute approximate surface area is 101 Å². The Hall–Kier alpha value is -1.83. The zero-order valence-electron chi connectivity index (χ0n) is 10.3. The SMILES string of the molecule is Cc1cc(C)c(-c2ccc(N)c(F)c2)cc1C. The molecule has 0 fully saturated rings. The predicted molar refractivity (Wildman–Crippen MR) is 70.5 cm³/mol.